The minimum absolute atomic E-state index is 0.783. The lowest BCUT2D eigenvalue weighted by Crippen LogP contribution is -2.26. The zero-order valence-electron chi connectivity index (χ0n) is 10.2. The van der Waals surface area contributed by atoms with E-state index in [0.717, 1.165) is 43.8 Å². The third-order valence-electron chi connectivity index (χ3n) is 4.24. The maximum atomic E-state index is 4.37. The monoisotopic (exact) mass is 240 g/mol. The largest absolute Gasteiger partial charge is 0.354 e. The van der Waals surface area contributed by atoms with Gasteiger partial charge in [-0.15, -0.1) is 5.10 Å². The van der Waals surface area contributed by atoms with Crippen molar-refractivity contribution in [1.29, 1.82) is 0 Å². The molecule has 1 N–H and O–H groups in total. The lowest BCUT2D eigenvalue weighted by Gasteiger charge is -2.19. The number of nitrogens with zero attached hydrogens (tertiary/aromatic N) is 3. The zero-order chi connectivity index (χ0) is 11.9. The summed E-state index contributed by atoms with van der Waals surface area (Å²) in [5.41, 5.74) is 0. The summed E-state index contributed by atoms with van der Waals surface area (Å²) in [7, 11) is 0. The Bertz CT molecular complexity index is 566. The zero-order valence-corrected chi connectivity index (χ0v) is 10.2. The van der Waals surface area contributed by atoms with E-state index in [9.17, 15) is 0 Å². The van der Waals surface area contributed by atoms with Crippen LogP contribution in [0.4, 0.5) is 5.82 Å². The molecule has 0 aliphatic carbocycles. The van der Waals surface area contributed by atoms with Gasteiger partial charge in [0.2, 0.25) is 0 Å². The molecule has 0 bridgehead atoms. The van der Waals surface area contributed by atoms with E-state index < -0.39 is 0 Å². The van der Waals surface area contributed by atoms with Crippen molar-refractivity contribution in [3.05, 3.63) is 30.5 Å². The van der Waals surface area contributed by atoms with Gasteiger partial charge in [0.25, 0.3) is 0 Å². The SMILES string of the molecule is c1ccc2c(N3C[C@H]4CNC[C@H]4C3)nncc2c1. The first kappa shape index (κ1) is 10.3. The smallest absolute Gasteiger partial charge is 0.159 e. The highest BCUT2D eigenvalue weighted by Crippen LogP contribution is 2.32. The van der Waals surface area contributed by atoms with Crippen LogP contribution in [0.15, 0.2) is 30.5 Å². The Balaban J connectivity index is 1.75. The fourth-order valence-corrected chi connectivity index (χ4v) is 3.27. The van der Waals surface area contributed by atoms with Gasteiger partial charge in [0.1, 0.15) is 0 Å². The summed E-state index contributed by atoms with van der Waals surface area (Å²) in [6, 6.07) is 8.38. The maximum absolute atomic E-state index is 4.37. The first-order valence-corrected chi connectivity index (χ1v) is 6.58. The van der Waals surface area contributed by atoms with Gasteiger partial charge in [-0.1, -0.05) is 24.3 Å². The van der Waals surface area contributed by atoms with E-state index in [2.05, 4.69) is 44.7 Å². The van der Waals surface area contributed by atoms with Gasteiger partial charge in [-0.05, 0) is 11.8 Å². The molecule has 2 aliphatic heterocycles. The van der Waals surface area contributed by atoms with Crippen LogP contribution in [0.5, 0.6) is 0 Å². The van der Waals surface area contributed by atoms with Crippen LogP contribution in [0.25, 0.3) is 10.8 Å². The number of rotatable bonds is 1. The molecule has 0 unspecified atom stereocenters. The van der Waals surface area contributed by atoms with Crippen LogP contribution in [0.1, 0.15) is 0 Å². The van der Waals surface area contributed by atoms with Crippen molar-refractivity contribution in [2.75, 3.05) is 31.1 Å². The molecule has 18 heavy (non-hydrogen) atoms. The number of anilines is 1. The molecule has 1 aromatic heterocycles. The van der Waals surface area contributed by atoms with E-state index in [1.807, 2.05) is 6.20 Å². The number of hydrogen-bond donors (Lipinski definition) is 1. The summed E-state index contributed by atoms with van der Waals surface area (Å²) >= 11 is 0. The average Bonchev–Trinajstić information content (AvgIpc) is 2.99. The van der Waals surface area contributed by atoms with Crippen molar-refractivity contribution in [1.82, 2.24) is 15.5 Å². The fourth-order valence-electron chi connectivity index (χ4n) is 3.27. The van der Waals surface area contributed by atoms with E-state index in [1.54, 1.807) is 0 Å². The van der Waals surface area contributed by atoms with Crippen LogP contribution in [-0.4, -0.2) is 36.4 Å². The summed E-state index contributed by atoms with van der Waals surface area (Å²) in [6.07, 6.45) is 1.84. The van der Waals surface area contributed by atoms with Crippen LogP contribution < -0.4 is 10.2 Å². The molecule has 2 aliphatic rings. The predicted molar refractivity (Wildman–Crippen MR) is 71.6 cm³/mol. The van der Waals surface area contributed by atoms with Gasteiger partial charge < -0.3 is 10.2 Å². The number of hydrogen-bond acceptors (Lipinski definition) is 4. The summed E-state index contributed by atoms with van der Waals surface area (Å²) in [5.74, 6) is 2.62. The first-order valence-electron chi connectivity index (χ1n) is 6.58. The highest BCUT2D eigenvalue weighted by atomic mass is 15.3. The van der Waals surface area contributed by atoms with Crippen molar-refractivity contribution in [2.24, 2.45) is 11.8 Å². The molecule has 0 radical (unpaired) electrons. The minimum atomic E-state index is 0.783. The van der Waals surface area contributed by atoms with E-state index in [1.165, 1.54) is 10.8 Å². The standard InChI is InChI=1S/C14H16N4/c1-2-4-13-10(3-1)7-16-17-14(13)18-8-11-5-15-6-12(11)9-18/h1-4,7,11-12,15H,5-6,8-9H2/t11-,12+. The second kappa shape index (κ2) is 3.92. The second-order valence-electron chi connectivity index (χ2n) is 5.34. The maximum Gasteiger partial charge on any atom is 0.159 e. The summed E-state index contributed by atoms with van der Waals surface area (Å²) in [4.78, 5) is 2.41. The van der Waals surface area contributed by atoms with Crippen molar-refractivity contribution in [3.8, 4) is 0 Å². The Morgan fingerprint density at radius 1 is 1.11 bits per heavy atom. The molecular weight excluding hydrogens is 224 g/mol. The summed E-state index contributed by atoms with van der Waals surface area (Å²) in [5, 5.41) is 14.4. The molecule has 0 spiro atoms. The Kier molecular flexibility index (Phi) is 2.23. The molecule has 4 rings (SSSR count). The second-order valence-corrected chi connectivity index (χ2v) is 5.34. The Hall–Kier alpha value is -1.68. The van der Waals surface area contributed by atoms with Crippen molar-refractivity contribution >= 4 is 16.6 Å². The molecule has 4 nitrogen and oxygen atoms in total. The molecule has 0 amide bonds. The molecular formula is C14H16N4. The average molecular weight is 240 g/mol. The lowest BCUT2D eigenvalue weighted by molar-refractivity contribution is 0.533. The molecule has 2 aromatic rings. The molecule has 4 heteroatoms. The molecule has 0 saturated carbocycles. The van der Waals surface area contributed by atoms with Gasteiger partial charge in [-0.3, -0.25) is 0 Å². The van der Waals surface area contributed by atoms with E-state index in [-0.39, 0.29) is 0 Å². The Morgan fingerprint density at radius 2 is 1.89 bits per heavy atom. The van der Waals surface area contributed by atoms with Gasteiger partial charge in [-0.25, -0.2) is 0 Å². The molecule has 2 atom stereocenters. The minimum Gasteiger partial charge on any atom is -0.354 e. The normalized spacial score (nSPS) is 26.8. The first-order chi connectivity index (χ1) is 8.92. The Morgan fingerprint density at radius 3 is 2.72 bits per heavy atom. The van der Waals surface area contributed by atoms with Gasteiger partial charge in [-0.2, -0.15) is 5.10 Å². The van der Waals surface area contributed by atoms with Crippen LogP contribution in [0.3, 0.4) is 0 Å². The van der Waals surface area contributed by atoms with Crippen molar-refractivity contribution in [2.45, 2.75) is 0 Å². The highest BCUT2D eigenvalue weighted by Gasteiger charge is 2.37. The number of fused-ring (bicyclic) bond motifs is 2. The Labute approximate surface area is 106 Å². The van der Waals surface area contributed by atoms with Gasteiger partial charge in [0, 0.05) is 37.0 Å². The van der Waals surface area contributed by atoms with Crippen molar-refractivity contribution in [3.63, 3.8) is 0 Å². The van der Waals surface area contributed by atoms with Crippen LogP contribution in [-0.2, 0) is 0 Å². The van der Waals surface area contributed by atoms with Gasteiger partial charge >= 0.3 is 0 Å². The molecule has 92 valence electrons. The molecule has 1 aromatic carbocycles. The number of aromatic nitrogens is 2. The molecule has 2 fully saturated rings. The number of nitrogens with one attached hydrogen (secondary N) is 1. The topological polar surface area (TPSA) is 41.0 Å². The van der Waals surface area contributed by atoms with Crippen LogP contribution >= 0.6 is 0 Å². The number of benzene rings is 1. The molecule has 3 heterocycles. The third-order valence-corrected chi connectivity index (χ3v) is 4.24. The fraction of sp³-hybridized carbons (Fsp3) is 0.429. The quantitative estimate of drug-likeness (QED) is 0.815. The molecule has 2 saturated heterocycles. The third kappa shape index (κ3) is 1.49. The van der Waals surface area contributed by atoms with Gasteiger partial charge in [0.05, 0.1) is 6.20 Å². The van der Waals surface area contributed by atoms with Crippen LogP contribution in [0.2, 0.25) is 0 Å². The summed E-state index contributed by atoms with van der Waals surface area (Å²) < 4.78 is 0. The summed E-state index contributed by atoms with van der Waals surface area (Å²) in [6.45, 7) is 4.53. The van der Waals surface area contributed by atoms with Gasteiger partial charge in [0.15, 0.2) is 5.82 Å². The highest BCUT2D eigenvalue weighted by molar-refractivity contribution is 5.91. The van der Waals surface area contributed by atoms with E-state index in [4.69, 9.17) is 0 Å². The predicted octanol–water partition coefficient (Wildman–Crippen LogP) is 1.29. The van der Waals surface area contributed by atoms with E-state index >= 15 is 0 Å². The van der Waals surface area contributed by atoms with Crippen LogP contribution in [0, 0.1) is 11.8 Å². The lowest BCUT2D eigenvalue weighted by atomic mass is 10.0. The van der Waals surface area contributed by atoms with Crippen molar-refractivity contribution < 1.29 is 0 Å². The van der Waals surface area contributed by atoms with E-state index in [0.29, 0.717) is 0 Å².